The van der Waals surface area contributed by atoms with Gasteiger partial charge < -0.3 is 15.4 Å². The Bertz CT molecular complexity index is 1040. The zero-order valence-electron chi connectivity index (χ0n) is 15.2. The topological polar surface area (TPSA) is 93.2 Å². The Morgan fingerprint density at radius 1 is 1.07 bits per heavy atom. The molecule has 3 rings (SSSR count). The van der Waals surface area contributed by atoms with Crippen LogP contribution in [0.4, 0.5) is 17.2 Å². The second kappa shape index (κ2) is 8.49. The number of aromatic nitrogens is 2. The van der Waals surface area contributed by atoms with Crippen LogP contribution in [0.2, 0.25) is 5.02 Å². The lowest BCUT2D eigenvalue weighted by atomic mass is 10.2. The van der Waals surface area contributed by atoms with Crippen molar-refractivity contribution in [2.75, 3.05) is 17.7 Å². The smallest absolute Gasteiger partial charge is 0.337 e. The number of rotatable bonds is 5. The van der Waals surface area contributed by atoms with Gasteiger partial charge in [-0.15, -0.1) is 0 Å². The number of ether oxygens (including phenoxy) is 1. The third kappa shape index (κ3) is 4.44. The maximum Gasteiger partial charge on any atom is 0.337 e. The number of benzene rings is 2. The third-order valence-corrected chi connectivity index (χ3v) is 4.38. The summed E-state index contributed by atoms with van der Waals surface area (Å²) in [4.78, 5) is 32.3. The van der Waals surface area contributed by atoms with Crippen LogP contribution in [0.5, 0.6) is 0 Å². The van der Waals surface area contributed by atoms with E-state index in [9.17, 15) is 9.59 Å². The number of hydrogen-bond donors (Lipinski definition) is 2. The molecule has 28 heavy (non-hydrogen) atoms. The molecular weight excluding hydrogens is 380 g/mol. The van der Waals surface area contributed by atoms with E-state index in [-0.39, 0.29) is 5.69 Å². The van der Waals surface area contributed by atoms with Crippen LogP contribution in [-0.2, 0) is 4.74 Å². The van der Waals surface area contributed by atoms with Gasteiger partial charge in [0.25, 0.3) is 5.91 Å². The highest BCUT2D eigenvalue weighted by Crippen LogP contribution is 2.25. The highest BCUT2D eigenvalue weighted by atomic mass is 35.5. The van der Waals surface area contributed by atoms with Crippen molar-refractivity contribution in [3.8, 4) is 0 Å². The van der Waals surface area contributed by atoms with Crippen LogP contribution in [0.25, 0.3) is 0 Å². The Balaban J connectivity index is 1.77. The van der Waals surface area contributed by atoms with Gasteiger partial charge in [-0.25, -0.2) is 14.8 Å². The summed E-state index contributed by atoms with van der Waals surface area (Å²) in [5.74, 6) is -0.467. The van der Waals surface area contributed by atoms with E-state index in [2.05, 4.69) is 25.3 Å². The summed E-state index contributed by atoms with van der Waals surface area (Å²) < 4.78 is 4.68. The van der Waals surface area contributed by atoms with E-state index in [1.165, 1.54) is 25.6 Å². The number of methoxy groups -OCH3 is 1. The molecule has 0 saturated carbocycles. The first-order valence-electron chi connectivity index (χ1n) is 8.32. The van der Waals surface area contributed by atoms with Gasteiger partial charge >= 0.3 is 5.97 Å². The summed E-state index contributed by atoms with van der Waals surface area (Å²) in [6.45, 7) is 1.88. The molecule has 1 heterocycles. The molecule has 8 heteroatoms. The normalized spacial score (nSPS) is 10.2. The molecule has 1 aromatic heterocycles. The monoisotopic (exact) mass is 396 g/mol. The molecule has 0 bridgehead atoms. The SMILES string of the molecule is COC(=O)c1cccc(NC(=O)c2cc(Nc3cccc(Cl)c3C)ncn2)c1. The molecule has 2 aromatic carbocycles. The fourth-order valence-corrected chi connectivity index (χ4v) is 2.64. The molecule has 0 saturated heterocycles. The first-order valence-corrected chi connectivity index (χ1v) is 8.69. The number of carbonyl (C=O) groups excluding carboxylic acids is 2. The molecule has 1 amide bonds. The molecule has 0 unspecified atom stereocenters. The van der Waals surface area contributed by atoms with E-state index < -0.39 is 11.9 Å². The van der Waals surface area contributed by atoms with E-state index in [1.54, 1.807) is 24.3 Å². The van der Waals surface area contributed by atoms with Crippen molar-refractivity contribution in [1.29, 1.82) is 0 Å². The first kappa shape index (κ1) is 19.3. The molecular formula is C20H17ClN4O3. The Labute approximate surface area is 166 Å². The Hall–Kier alpha value is -3.45. The summed E-state index contributed by atoms with van der Waals surface area (Å²) in [7, 11) is 1.30. The number of nitrogens with zero attached hydrogens (tertiary/aromatic N) is 2. The van der Waals surface area contributed by atoms with Gasteiger partial charge in [-0.2, -0.15) is 0 Å². The number of nitrogens with one attached hydrogen (secondary N) is 2. The predicted molar refractivity (Wildman–Crippen MR) is 107 cm³/mol. The number of hydrogen-bond acceptors (Lipinski definition) is 6. The molecule has 0 aliphatic heterocycles. The number of esters is 1. The van der Waals surface area contributed by atoms with Crippen LogP contribution < -0.4 is 10.6 Å². The largest absolute Gasteiger partial charge is 0.465 e. The summed E-state index contributed by atoms with van der Waals surface area (Å²) >= 11 is 6.13. The maximum atomic E-state index is 12.5. The summed E-state index contributed by atoms with van der Waals surface area (Å²) in [5, 5.41) is 6.46. The molecule has 0 aliphatic rings. The predicted octanol–water partition coefficient (Wildman–Crippen LogP) is 4.22. The number of amides is 1. The Morgan fingerprint density at radius 2 is 1.86 bits per heavy atom. The average molecular weight is 397 g/mol. The second-order valence-corrected chi connectivity index (χ2v) is 6.26. The highest BCUT2D eigenvalue weighted by molar-refractivity contribution is 6.31. The lowest BCUT2D eigenvalue weighted by molar-refractivity contribution is 0.0600. The Morgan fingerprint density at radius 3 is 2.64 bits per heavy atom. The summed E-state index contributed by atoms with van der Waals surface area (Å²) in [6, 6.07) is 13.4. The van der Waals surface area contributed by atoms with Crippen molar-refractivity contribution in [2.45, 2.75) is 6.92 Å². The van der Waals surface area contributed by atoms with Gasteiger partial charge in [0.05, 0.1) is 12.7 Å². The Kier molecular flexibility index (Phi) is 5.86. The molecule has 0 fully saturated rings. The van der Waals surface area contributed by atoms with Crippen molar-refractivity contribution < 1.29 is 14.3 Å². The summed E-state index contributed by atoms with van der Waals surface area (Å²) in [6.07, 6.45) is 1.29. The van der Waals surface area contributed by atoms with Gasteiger partial charge in [0.15, 0.2) is 0 Å². The fraction of sp³-hybridized carbons (Fsp3) is 0.100. The molecule has 142 valence electrons. The van der Waals surface area contributed by atoms with E-state index in [0.29, 0.717) is 22.1 Å². The standard InChI is InChI=1S/C20H17ClN4O3/c1-12-15(21)7-4-8-16(12)25-18-10-17(22-11-23-18)19(26)24-14-6-3-5-13(9-14)20(27)28-2/h3-11H,1-2H3,(H,24,26)(H,22,23,25). The van der Waals surface area contributed by atoms with Crippen LogP contribution >= 0.6 is 11.6 Å². The summed E-state index contributed by atoms with van der Waals surface area (Å²) in [5.41, 5.74) is 2.60. The van der Waals surface area contributed by atoms with E-state index in [1.807, 2.05) is 19.1 Å². The van der Waals surface area contributed by atoms with Crippen LogP contribution in [0.1, 0.15) is 26.4 Å². The third-order valence-electron chi connectivity index (χ3n) is 3.97. The number of anilines is 3. The van der Waals surface area contributed by atoms with Crippen molar-refractivity contribution in [2.24, 2.45) is 0 Å². The first-order chi connectivity index (χ1) is 13.5. The second-order valence-electron chi connectivity index (χ2n) is 5.85. The molecule has 0 radical (unpaired) electrons. The highest BCUT2D eigenvalue weighted by Gasteiger charge is 2.12. The van der Waals surface area contributed by atoms with Crippen molar-refractivity contribution in [3.05, 3.63) is 76.7 Å². The molecule has 0 atom stereocenters. The molecule has 0 spiro atoms. The van der Waals surface area contributed by atoms with Gasteiger partial charge in [-0.1, -0.05) is 23.7 Å². The van der Waals surface area contributed by atoms with Gasteiger partial charge in [0.2, 0.25) is 0 Å². The van der Waals surface area contributed by atoms with E-state index in [4.69, 9.17) is 11.6 Å². The van der Waals surface area contributed by atoms with Gasteiger partial charge in [-0.05, 0) is 42.8 Å². The minimum absolute atomic E-state index is 0.167. The van der Waals surface area contributed by atoms with Crippen molar-refractivity contribution >= 4 is 40.7 Å². The zero-order valence-corrected chi connectivity index (χ0v) is 15.9. The fourth-order valence-electron chi connectivity index (χ4n) is 2.47. The average Bonchev–Trinajstić information content (AvgIpc) is 2.71. The number of halogens is 1. The number of carbonyl (C=O) groups is 2. The van der Waals surface area contributed by atoms with Crippen LogP contribution in [0.3, 0.4) is 0 Å². The minimum atomic E-state index is -0.485. The zero-order chi connectivity index (χ0) is 20.1. The van der Waals surface area contributed by atoms with Crippen molar-refractivity contribution in [3.63, 3.8) is 0 Å². The van der Waals surface area contributed by atoms with Gasteiger partial charge in [0, 0.05) is 22.5 Å². The maximum absolute atomic E-state index is 12.5. The lowest BCUT2D eigenvalue weighted by Crippen LogP contribution is -2.15. The van der Waals surface area contributed by atoms with E-state index in [0.717, 1.165) is 11.3 Å². The molecule has 0 aliphatic carbocycles. The lowest BCUT2D eigenvalue weighted by Gasteiger charge is -2.11. The van der Waals surface area contributed by atoms with Crippen LogP contribution in [0, 0.1) is 6.92 Å². The molecule has 7 nitrogen and oxygen atoms in total. The van der Waals surface area contributed by atoms with Gasteiger partial charge in [-0.3, -0.25) is 4.79 Å². The van der Waals surface area contributed by atoms with Gasteiger partial charge in [0.1, 0.15) is 17.8 Å². The molecule has 2 N–H and O–H groups in total. The van der Waals surface area contributed by atoms with Crippen LogP contribution in [0.15, 0.2) is 54.9 Å². The van der Waals surface area contributed by atoms with Crippen molar-refractivity contribution in [1.82, 2.24) is 9.97 Å². The van der Waals surface area contributed by atoms with E-state index >= 15 is 0 Å². The molecule has 3 aromatic rings. The quantitative estimate of drug-likeness (QED) is 0.627. The van der Waals surface area contributed by atoms with Crippen LogP contribution in [-0.4, -0.2) is 29.0 Å². The minimum Gasteiger partial charge on any atom is -0.465 e.